The molecule has 0 aliphatic heterocycles. The monoisotopic (exact) mass is 323 g/mol. The zero-order chi connectivity index (χ0) is 15.9. The van der Waals surface area contributed by atoms with Crippen LogP contribution in [0.2, 0.25) is 0 Å². The molecule has 0 bridgehead atoms. The van der Waals surface area contributed by atoms with Crippen molar-refractivity contribution in [2.75, 3.05) is 32.6 Å². The summed E-state index contributed by atoms with van der Waals surface area (Å²) in [6.07, 6.45) is -4.48. The van der Waals surface area contributed by atoms with E-state index in [0.29, 0.717) is 10.6 Å². The van der Waals surface area contributed by atoms with E-state index in [4.69, 9.17) is 9.84 Å². The fraction of sp³-hybridized carbons (Fsp3) is 0.462. The van der Waals surface area contributed by atoms with Crippen LogP contribution >= 0.6 is 11.8 Å². The van der Waals surface area contributed by atoms with Crippen molar-refractivity contribution in [3.63, 3.8) is 0 Å². The molecule has 0 aromatic heterocycles. The van der Waals surface area contributed by atoms with E-state index in [1.54, 1.807) is 24.3 Å². The lowest BCUT2D eigenvalue weighted by atomic mass is 10.3. The predicted molar refractivity (Wildman–Crippen MR) is 73.4 cm³/mol. The number of ether oxygens (including phenoxy) is 1. The van der Waals surface area contributed by atoms with E-state index in [2.05, 4.69) is 0 Å². The van der Waals surface area contributed by atoms with E-state index in [9.17, 15) is 18.0 Å². The second kappa shape index (κ2) is 8.14. The number of carbonyl (C=O) groups excluding carboxylic acids is 1. The lowest BCUT2D eigenvalue weighted by Gasteiger charge is -2.22. The van der Waals surface area contributed by atoms with Crippen LogP contribution in [-0.4, -0.2) is 54.6 Å². The largest absolute Gasteiger partial charge is 0.497 e. The van der Waals surface area contributed by atoms with Gasteiger partial charge < -0.3 is 14.7 Å². The molecule has 0 saturated heterocycles. The first-order valence-corrected chi connectivity index (χ1v) is 7.06. The third-order valence-corrected chi connectivity index (χ3v) is 3.51. The summed E-state index contributed by atoms with van der Waals surface area (Å²) in [6.45, 7) is -2.19. The Morgan fingerprint density at radius 1 is 1.33 bits per heavy atom. The number of nitrogens with zero attached hydrogens (tertiary/aromatic N) is 1. The number of methoxy groups -OCH3 is 1. The number of hydrogen-bond donors (Lipinski definition) is 1. The molecule has 1 rings (SSSR count). The van der Waals surface area contributed by atoms with E-state index < -0.39 is 25.2 Å². The molecule has 0 aliphatic carbocycles. The van der Waals surface area contributed by atoms with Gasteiger partial charge in [-0.05, 0) is 24.3 Å². The number of benzene rings is 1. The average Bonchev–Trinajstić information content (AvgIpc) is 2.43. The minimum Gasteiger partial charge on any atom is -0.497 e. The maximum atomic E-state index is 12.3. The number of amides is 1. The van der Waals surface area contributed by atoms with E-state index in [1.807, 2.05) is 0 Å². The molecule has 0 unspecified atom stereocenters. The van der Waals surface area contributed by atoms with Crippen LogP contribution in [0.15, 0.2) is 29.2 Å². The third-order valence-electron chi connectivity index (χ3n) is 2.51. The molecule has 21 heavy (non-hydrogen) atoms. The van der Waals surface area contributed by atoms with Crippen molar-refractivity contribution in [1.82, 2.24) is 4.90 Å². The molecule has 118 valence electrons. The number of rotatable bonds is 7. The van der Waals surface area contributed by atoms with Gasteiger partial charge in [-0.15, -0.1) is 11.8 Å². The summed E-state index contributed by atoms with van der Waals surface area (Å²) in [7, 11) is 1.52. The summed E-state index contributed by atoms with van der Waals surface area (Å²) in [5, 5.41) is 8.74. The number of carbonyl (C=O) groups is 1. The Morgan fingerprint density at radius 3 is 2.43 bits per heavy atom. The number of aliphatic hydroxyl groups excluding tert-OH is 1. The van der Waals surface area contributed by atoms with Crippen LogP contribution in [0.25, 0.3) is 0 Å². The summed E-state index contributed by atoms with van der Waals surface area (Å²) in [4.78, 5) is 13.1. The second-order valence-corrected chi connectivity index (χ2v) is 5.17. The topological polar surface area (TPSA) is 49.8 Å². The molecule has 4 nitrogen and oxygen atoms in total. The molecule has 0 radical (unpaired) electrons. The normalized spacial score (nSPS) is 11.3. The van der Waals surface area contributed by atoms with Gasteiger partial charge in [-0.3, -0.25) is 4.79 Å². The Kier molecular flexibility index (Phi) is 6.83. The van der Waals surface area contributed by atoms with Gasteiger partial charge in [0.1, 0.15) is 12.3 Å². The zero-order valence-electron chi connectivity index (χ0n) is 11.4. The number of halogens is 3. The maximum absolute atomic E-state index is 12.3. The highest BCUT2D eigenvalue weighted by atomic mass is 32.2. The Labute approximate surface area is 124 Å². The van der Waals surface area contributed by atoms with Crippen molar-refractivity contribution in [2.45, 2.75) is 11.1 Å². The Hall–Kier alpha value is -1.41. The lowest BCUT2D eigenvalue weighted by Crippen LogP contribution is -2.41. The van der Waals surface area contributed by atoms with Gasteiger partial charge in [-0.1, -0.05) is 0 Å². The molecule has 0 saturated carbocycles. The minimum absolute atomic E-state index is 0.123. The van der Waals surface area contributed by atoms with Gasteiger partial charge in [0, 0.05) is 11.4 Å². The van der Waals surface area contributed by atoms with Gasteiger partial charge in [0.05, 0.1) is 19.5 Å². The van der Waals surface area contributed by atoms with Crippen molar-refractivity contribution in [1.29, 1.82) is 0 Å². The molecular formula is C13H16F3NO3S. The summed E-state index contributed by atoms with van der Waals surface area (Å²) >= 11 is 1.13. The molecule has 1 aromatic rings. The SMILES string of the molecule is COc1ccc(SCC(=O)N(CCO)CC(F)(F)F)cc1. The van der Waals surface area contributed by atoms with E-state index in [-0.39, 0.29) is 12.3 Å². The van der Waals surface area contributed by atoms with E-state index in [1.165, 1.54) is 7.11 Å². The van der Waals surface area contributed by atoms with Crippen molar-refractivity contribution in [2.24, 2.45) is 0 Å². The summed E-state index contributed by atoms with van der Waals surface area (Å²) < 4.78 is 42.0. The second-order valence-electron chi connectivity index (χ2n) is 4.12. The van der Waals surface area contributed by atoms with Crippen molar-refractivity contribution < 1.29 is 27.8 Å². The molecule has 0 heterocycles. The molecule has 0 atom stereocenters. The molecule has 1 N–H and O–H groups in total. The minimum atomic E-state index is -4.48. The quantitative estimate of drug-likeness (QED) is 0.782. The number of hydrogen-bond acceptors (Lipinski definition) is 4. The van der Waals surface area contributed by atoms with Gasteiger partial charge in [-0.25, -0.2) is 0 Å². The first-order valence-electron chi connectivity index (χ1n) is 6.08. The smallest absolute Gasteiger partial charge is 0.406 e. The van der Waals surface area contributed by atoms with Crippen molar-refractivity contribution in [3.05, 3.63) is 24.3 Å². The Morgan fingerprint density at radius 2 is 1.95 bits per heavy atom. The van der Waals surface area contributed by atoms with Crippen molar-refractivity contribution in [3.8, 4) is 5.75 Å². The van der Waals surface area contributed by atoms with Gasteiger partial charge in [0.2, 0.25) is 5.91 Å². The molecule has 1 aromatic carbocycles. The predicted octanol–water partition coefficient (Wildman–Crippen LogP) is 2.17. The number of aliphatic hydroxyl groups is 1. The fourth-order valence-electron chi connectivity index (χ4n) is 1.54. The van der Waals surface area contributed by atoms with Crippen LogP contribution in [0, 0.1) is 0 Å². The van der Waals surface area contributed by atoms with Crippen LogP contribution in [0.4, 0.5) is 13.2 Å². The summed E-state index contributed by atoms with van der Waals surface area (Å²) in [5.74, 6) is -0.130. The van der Waals surface area contributed by atoms with Crippen molar-refractivity contribution >= 4 is 17.7 Å². The summed E-state index contributed by atoms with van der Waals surface area (Å²) in [5.41, 5.74) is 0. The number of thioether (sulfide) groups is 1. The Balaban J connectivity index is 2.55. The molecule has 8 heteroatoms. The molecule has 1 amide bonds. The average molecular weight is 323 g/mol. The number of alkyl halides is 3. The van der Waals surface area contributed by atoms with Gasteiger partial charge >= 0.3 is 6.18 Å². The van der Waals surface area contributed by atoms with Crippen LogP contribution in [0.3, 0.4) is 0 Å². The Bertz CT molecular complexity index is 451. The van der Waals surface area contributed by atoms with Crippen LogP contribution in [-0.2, 0) is 4.79 Å². The highest BCUT2D eigenvalue weighted by Crippen LogP contribution is 2.22. The third kappa shape index (κ3) is 6.72. The standard InChI is InChI=1S/C13H16F3NO3S/c1-20-10-2-4-11(5-3-10)21-8-12(19)17(6-7-18)9-13(14,15)16/h2-5,18H,6-9H2,1H3. The first-order chi connectivity index (χ1) is 9.85. The molecule has 0 spiro atoms. The molecular weight excluding hydrogens is 307 g/mol. The highest BCUT2D eigenvalue weighted by Gasteiger charge is 2.32. The van der Waals surface area contributed by atoms with Gasteiger partial charge in [0.15, 0.2) is 0 Å². The highest BCUT2D eigenvalue weighted by molar-refractivity contribution is 8.00. The summed E-state index contributed by atoms with van der Waals surface area (Å²) in [6, 6.07) is 6.84. The van der Waals surface area contributed by atoms with E-state index in [0.717, 1.165) is 16.7 Å². The fourth-order valence-corrected chi connectivity index (χ4v) is 2.34. The van der Waals surface area contributed by atoms with Crippen LogP contribution in [0.1, 0.15) is 0 Å². The molecule has 0 fully saturated rings. The lowest BCUT2D eigenvalue weighted by molar-refractivity contribution is -0.160. The van der Waals surface area contributed by atoms with Gasteiger partial charge in [-0.2, -0.15) is 13.2 Å². The zero-order valence-corrected chi connectivity index (χ0v) is 12.2. The van der Waals surface area contributed by atoms with Gasteiger partial charge in [0.25, 0.3) is 0 Å². The van der Waals surface area contributed by atoms with Crippen LogP contribution in [0.5, 0.6) is 5.75 Å². The van der Waals surface area contributed by atoms with E-state index >= 15 is 0 Å². The molecule has 0 aliphatic rings. The first kappa shape index (κ1) is 17.6. The maximum Gasteiger partial charge on any atom is 0.406 e. The van der Waals surface area contributed by atoms with Crippen LogP contribution < -0.4 is 4.74 Å².